The molecule has 1 atom stereocenters. The summed E-state index contributed by atoms with van der Waals surface area (Å²) in [7, 11) is 0. The Labute approximate surface area is 122 Å². The number of aromatic carboxylic acids is 1. The Morgan fingerprint density at radius 3 is 2.19 bits per heavy atom. The molecule has 0 saturated carbocycles. The number of carbonyl (C=O) groups is 3. The molecule has 0 spiro atoms. The zero-order chi connectivity index (χ0) is 15.8. The average Bonchev–Trinajstić information content (AvgIpc) is 2.43. The monoisotopic (exact) mass is 293 g/mol. The van der Waals surface area contributed by atoms with Crippen molar-refractivity contribution in [1.82, 2.24) is 0 Å². The van der Waals surface area contributed by atoms with Gasteiger partial charge in [0.05, 0.1) is 11.5 Å². The van der Waals surface area contributed by atoms with Crippen molar-refractivity contribution in [1.29, 1.82) is 0 Å². The lowest BCUT2D eigenvalue weighted by atomic mass is 9.98. The summed E-state index contributed by atoms with van der Waals surface area (Å²) in [6.07, 6.45) is 1.73. The van der Waals surface area contributed by atoms with Crippen molar-refractivity contribution in [2.75, 3.05) is 5.32 Å². The molecule has 0 heterocycles. The van der Waals surface area contributed by atoms with Crippen molar-refractivity contribution >= 4 is 23.5 Å². The largest absolute Gasteiger partial charge is 0.481 e. The highest BCUT2D eigenvalue weighted by Gasteiger charge is 2.17. The first-order valence-corrected chi connectivity index (χ1v) is 6.80. The Morgan fingerprint density at radius 2 is 1.71 bits per heavy atom. The molecule has 0 saturated heterocycles. The molecule has 0 radical (unpaired) electrons. The number of anilines is 1. The molecule has 0 aliphatic heterocycles. The SMILES string of the molecule is CCCC(CCC(=O)Nc1ccc(C(=O)O)cc1)C(=O)O. The van der Waals surface area contributed by atoms with Gasteiger partial charge in [-0.1, -0.05) is 13.3 Å². The second-order valence-corrected chi connectivity index (χ2v) is 4.79. The molecule has 1 rings (SSSR count). The quantitative estimate of drug-likeness (QED) is 0.683. The van der Waals surface area contributed by atoms with Gasteiger partial charge in [-0.25, -0.2) is 4.79 Å². The fourth-order valence-electron chi connectivity index (χ4n) is 1.96. The van der Waals surface area contributed by atoms with E-state index in [-0.39, 0.29) is 17.9 Å². The molecule has 0 aliphatic rings. The van der Waals surface area contributed by atoms with Gasteiger partial charge in [-0.2, -0.15) is 0 Å². The second-order valence-electron chi connectivity index (χ2n) is 4.79. The van der Waals surface area contributed by atoms with Gasteiger partial charge < -0.3 is 15.5 Å². The molecule has 1 amide bonds. The van der Waals surface area contributed by atoms with Crippen molar-refractivity contribution in [3.63, 3.8) is 0 Å². The summed E-state index contributed by atoms with van der Waals surface area (Å²) in [6, 6.07) is 5.80. The third-order valence-electron chi connectivity index (χ3n) is 3.12. The van der Waals surface area contributed by atoms with Gasteiger partial charge in [0, 0.05) is 12.1 Å². The van der Waals surface area contributed by atoms with Crippen LogP contribution in [0.3, 0.4) is 0 Å². The minimum Gasteiger partial charge on any atom is -0.481 e. The van der Waals surface area contributed by atoms with Crippen molar-refractivity contribution in [3.8, 4) is 0 Å². The number of rotatable bonds is 8. The van der Waals surface area contributed by atoms with Crippen molar-refractivity contribution in [2.45, 2.75) is 32.6 Å². The molecule has 1 aromatic carbocycles. The van der Waals surface area contributed by atoms with E-state index in [0.29, 0.717) is 18.5 Å². The number of hydrogen-bond acceptors (Lipinski definition) is 3. The van der Waals surface area contributed by atoms with Gasteiger partial charge in [-0.15, -0.1) is 0 Å². The van der Waals surface area contributed by atoms with Gasteiger partial charge >= 0.3 is 11.9 Å². The molecule has 6 nitrogen and oxygen atoms in total. The number of carboxylic acid groups (broad SMARTS) is 2. The smallest absolute Gasteiger partial charge is 0.335 e. The molecule has 0 aliphatic carbocycles. The van der Waals surface area contributed by atoms with Crippen LogP contribution in [0.2, 0.25) is 0 Å². The fourth-order valence-corrected chi connectivity index (χ4v) is 1.96. The van der Waals surface area contributed by atoms with E-state index in [1.165, 1.54) is 24.3 Å². The Morgan fingerprint density at radius 1 is 1.10 bits per heavy atom. The first-order valence-electron chi connectivity index (χ1n) is 6.80. The molecule has 1 aromatic rings. The second kappa shape index (κ2) is 8.04. The number of hydrogen-bond donors (Lipinski definition) is 3. The number of carbonyl (C=O) groups excluding carboxylic acids is 1. The molecule has 0 bridgehead atoms. The molecule has 1 unspecified atom stereocenters. The summed E-state index contributed by atoms with van der Waals surface area (Å²) in [5, 5.41) is 20.4. The molecular weight excluding hydrogens is 274 g/mol. The maximum Gasteiger partial charge on any atom is 0.335 e. The van der Waals surface area contributed by atoms with Gasteiger partial charge in [0.2, 0.25) is 5.91 Å². The number of benzene rings is 1. The van der Waals surface area contributed by atoms with Crippen molar-refractivity contribution in [2.24, 2.45) is 5.92 Å². The van der Waals surface area contributed by atoms with Gasteiger partial charge in [0.1, 0.15) is 0 Å². The lowest BCUT2D eigenvalue weighted by Crippen LogP contribution is -2.18. The third kappa shape index (κ3) is 5.64. The summed E-state index contributed by atoms with van der Waals surface area (Å²) in [6.45, 7) is 1.90. The van der Waals surface area contributed by atoms with Crippen molar-refractivity contribution in [3.05, 3.63) is 29.8 Å². The van der Waals surface area contributed by atoms with Crippen LogP contribution in [0.15, 0.2) is 24.3 Å². The van der Waals surface area contributed by atoms with Crippen LogP contribution in [0.4, 0.5) is 5.69 Å². The molecule has 21 heavy (non-hydrogen) atoms. The Balaban J connectivity index is 2.49. The molecule has 6 heteroatoms. The van der Waals surface area contributed by atoms with E-state index in [1.807, 2.05) is 6.92 Å². The molecule has 3 N–H and O–H groups in total. The average molecular weight is 293 g/mol. The van der Waals surface area contributed by atoms with Crippen LogP contribution in [0.25, 0.3) is 0 Å². The van der Waals surface area contributed by atoms with Crippen LogP contribution < -0.4 is 5.32 Å². The lowest BCUT2D eigenvalue weighted by Gasteiger charge is -2.11. The predicted octanol–water partition coefficient (Wildman–Crippen LogP) is 2.60. The maximum atomic E-state index is 11.7. The number of carboxylic acids is 2. The molecule has 114 valence electrons. The highest BCUT2D eigenvalue weighted by Crippen LogP contribution is 2.15. The first kappa shape index (κ1) is 16.7. The highest BCUT2D eigenvalue weighted by atomic mass is 16.4. The van der Waals surface area contributed by atoms with Crippen LogP contribution in [0.1, 0.15) is 43.0 Å². The van der Waals surface area contributed by atoms with Crippen LogP contribution in [0, 0.1) is 5.92 Å². The zero-order valence-corrected chi connectivity index (χ0v) is 11.8. The minimum atomic E-state index is -1.03. The van der Waals surface area contributed by atoms with Gasteiger partial charge in [0.25, 0.3) is 0 Å². The van der Waals surface area contributed by atoms with E-state index in [9.17, 15) is 14.4 Å². The molecule has 0 aromatic heterocycles. The Bertz CT molecular complexity index is 509. The van der Waals surface area contributed by atoms with Crippen LogP contribution in [-0.2, 0) is 9.59 Å². The Hall–Kier alpha value is -2.37. The zero-order valence-electron chi connectivity index (χ0n) is 11.8. The van der Waals surface area contributed by atoms with E-state index in [4.69, 9.17) is 10.2 Å². The summed E-state index contributed by atoms with van der Waals surface area (Å²) < 4.78 is 0. The summed E-state index contributed by atoms with van der Waals surface area (Å²) in [5.74, 6) is -2.69. The summed E-state index contributed by atoms with van der Waals surface area (Å²) in [5.41, 5.74) is 0.634. The predicted molar refractivity (Wildman–Crippen MR) is 77.3 cm³/mol. The maximum absolute atomic E-state index is 11.7. The van der Waals surface area contributed by atoms with Gasteiger partial charge in [-0.05, 0) is 37.1 Å². The lowest BCUT2D eigenvalue weighted by molar-refractivity contribution is -0.142. The highest BCUT2D eigenvalue weighted by molar-refractivity contribution is 5.92. The third-order valence-corrected chi connectivity index (χ3v) is 3.12. The summed E-state index contributed by atoms with van der Waals surface area (Å²) >= 11 is 0. The first-order chi connectivity index (χ1) is 9.93. The van der Waals surface area contributed by atoms with E-state index in [2.05, 4.69) is 5.32 Å². The normalized spacial score (nSPS) is 11.7. The standard InChI is InChI=1S/C15H19NO5/c1-2-3-10(14(18)19)6-9-13(17)16-12-7-4-11(5-8-12)15(20)21/h4-5,7-8,10H,2-3,6,9H2,1H3,(H,16,17)(H,18,19)(H,20,21). The van der Waals surface area contributed by atoms with E-state index < -0.39 is 17.9 Å². The molecule has 0 fully saturated rings. The van der Waals surface area contributed by atoms with Gasteiger partial charge in [0.15, 0.2) is 0 Å². The van der Waals surface area contributed by atoms with Crippen LogP contribution in [0.5, 0.6) is 0 Å². The molecular formula is C15H19NO5. The van der Waals surface area contributed by atoms with E-state index in [1.54, 1.807) is 0 Å². The minimum absolute atomic E-state index is 0.123. The number of nitrogens with one attached hydrogen (secondary N) is 1. The topological polar surface area (TPSA) is 104 Å². The Kier molecular flexibility index (Phi) is 6.39. The van der Waals surface area contributed by atoms with E-state index in [0.717, 1.165) is 6.42 Å². The number of amides is 1. The van der Waals surface area contributed by atoms with Crippen LogP contribution >= 0.6 is 0 Å². The van der Waals surface area contributed by atoms with Crippen molar-refractivity contribution < 1.29 is 24.6 Å². The fraction of sp³-hybridized carbons (Fsp3) is 0.400. The van der Waals surface area contributed by atoms with Crippen LogP contribution in [-0.4, -0.2) is 28.1 Å². The number of aliphatic carboxylic acids is 1. The van der Waals surface area contributed by atoms with E-state index >= 15 is 0 Å². The van der Waals surface area contributed by atoms with Gasteiger partial charge in [-0.3, -0.25) is 9.59 Å². The summed E-state index contributed by atoms with van der Waals surface area (Å²) in [4.78, 5) is 33.4.